The molecule has 2 fully saturated rings. The van der Waals surface area contributed by atoms with Gasteiger partial charge in [0.15, 0.2) is 0 Å². The second-order valence-corrected chi connectivity index (χ2v) is 6.53. The Labute approximate surface area is 134 Å². The summed E-state index contributed by atoms with van der Waals surface area (Å²) in [6, 6.07) is 8.03. The highest BCUT2D eigenvalue weighted by atomic mass is 79.9. The first-order valence-corrected chi connectivity index (χ1v) is 7.74. The molecule has 0 spiro atoms. The van der Waals surface area contributed by atoms with E-state index in [4.69, 9.17) is 0 Å². The summed E-state index contributed by atoms with van der Waals surface area (Å²) >= 11 is 3.42. The Morgan fingerprint density at radius 2 is 1.95 bits per heavy atom. The lowest BCUT2D eigenvalue weighted by atomic mass is 9.88. The van der Waals surface area contributed by atoms with Crippen LogP contribution in [-0.4, -0.2) is 37.0 Å². The second-order valence-electron chi connectivity index (χ2n) is 5.61. The molecule has 3 rings (SSSR count). The molecule has 3 nitrogen and oxygen atoms in total. The van der Waals surface area contributed by atoms with Gasteiger partial charge in [-0.3, -0.25) is 4.79 Å². The van der Waals surface area contributed by atoms with Gasteiger partial charge in [-0.05, 0) is 49.0 Å². The molecule has 1 aromatic carbocycles. The fourth-order valence-corrected chi connectivity index (χ4v) is 3.41. The van der Waals surface area contributed by atoms with Crippen molar-refractivity contribution in [2.45, 2.75) is 12.8 Å². The van der Waals surface area contributed by atoms with Crippen LogP contribution in [0.25, 0.3) is 0 Å². The molecule has 0 saturated carbocycles. The molecule has 2 aliphatic rings. The van der Waals surface area contributed by atoms with Gasteiger partial charge in [0, 0.05) is 17.6 Å². The number of piperidine rings is 1. The first kappa shape index (κ1) is 15.8. The maximum atomic E-state index is 12.3. The van der Waals surface area contributed by atoms with Crippen LogP contribution in [0.5, 0.6) is 0 Å². The van der Waals surface area contributed by atoms with Crippen molar-refractivity contribution in [3.8, 4) is 0 Å². The molecule has 2 unspecified atom stereocenters. The summed E-state index contributed by atoms with van der Waals surface area (Å²) in [4.78, 5) is 14.4. The smallest absolute Gasteiger partial charge is 0.226 e. The molecule has 1 aromatic rings. The van der Waals surface area contributed by atoms with Crippen LogP contribution in [0.15, 0.2) is 28.7 Å². The molecule has 1 N–H and O–H groups in total. The lowest BCUT2D eigenvalue weighted by molar-refractivity contribution is -0.132. The molecular weight excluding hydrogens is 340 g/mol. The third-order valence-electron chi connectivity index (χ3n) is 4.33. The fraction of sp³-hybridized carbons (Fsp3) is 0.533. The summed E-state index contributed by atoms with van der Waals surface area (Å²) in [6.45, 7) is 4.08. The largest absolute Gasteiger partial charge is 0.342 e. The predicted octanol–water partition coefficient (Wildman–Crippen LogP) is 2.48. The summed E-state index contributed by atoms with van der Waals surface area (Å²) in [6.07, 6.45) is 1.68. The summed E-state index contributed by atoms with van der Waals surface area (Å²) in [5, 5.41) is 3.44. The van der Waals surface area contributed by atoms with Crippen LogP contribution in [0.4, 0.5) is 0 Å². The van der Waals surface area contributed by atoms with Crippen molar-refractivity contribution in [2.24, 2.45) is 11.8 Å². The minimum absolute atomic E-state index is 0. The number of likely N-dealkylation sites (tertiary alicyclic amines) is 1. The number of hydrogen-bond acceptors (Lipinski definition) is 2. The van der Waals surface area contributed by atoms with E-state index < -0.39 is 0 Å². The standard InChI is InChI=1S/C15H19BrN2O.ClH/c16-14-3-1-11(2-4-14)7-15(19)18-6-5-12-8-17-9-13(12)10-18;/h1-4,12-13,17H,5-10H2;1H. The first-order chi connectivity index (χ1) is 9.22. The fourth-order valence-electron chi connectivity index (χ4n) is 3.15. The van der Waals surface area contributed by atoms with Gasteiger partial charge in [0.2, 0.25) is 5.91 Å². The quantitative estimate of drug-likeness (QED) is 0.880. The van der Waals surface area contributed by atoms with Crippen molar-refractivity contribution in [2.75, 3.05) is 26.2 Å². The van der Waals surface area contributed by atoms with E-state index in [9.17, 15) is 4.79 Å². The van der Waals surface area contributed by atoms with E-state index in [0.29, 0.717) is 12.3 Å². The first-order valence-electron chi connectivity index (χ1n) is 6.95. The van der Waals surface area contributed by atoms with Crippen LogP contribution in [0.2, 0.25) is 0 Å². The average molecular weight is 360 g/mol. The van der Waals surface area contributed by atoms with Crippen LogP contribution >= 0.6 is 28.3 Å². The number of halogens is 2. The molecule has 0 aromatic heterocycles. The Bertz CT molecular complexity index is 465. The molecule has 2 atom stereocenters. The van der Waals surface area contributed by atoms with Crippen LogP contribution in [0.1, 0.15) is 12.0 Å². The minimum atomic E-state index is 0. The zero-order valence-corrected chi connectivity index (χ0v) is 13.8. The summed E-state index contributed by atoms with van der Waals surface area (Å²) in [5.41, 5.74) is 1.10. The molecule has 0 aliphatic carbocycles. The molecule has 110 valence electrons. The Morgan fingerprint density at radius 1 is 1.25 bits per heavy atom. The van der Waals surface area contributed by atoms with Crippen molar-refractivity contribution in [1.82, 2.24) is 10.2 Å². The highest BCUT2D eigenvalue weighted by Crippen LogP contribution is 2.26. The van der Waals surface area contributed by atoms with Gasteiger partial charge in [0.05, 0.1) is 6.42 Å². The van der Waals surface area contributed by atoms with Crippen LogP contribution in [0.3, 0.4) is 0 Å². The molecule has 2 heterocycles. The lowest BCUT2D eigenvalue weighted by Crippen LogP contribution is -2.44. The van der Waals surface area contributed by atoms with E-state index >= 15 is 0 Å². The van der Waals surface area contributed by atoms with Crippen molar-refractivity contribution in [3.63, 3.8) is 0 Å². The number of nitrogens with one attached hydrogen (secondary N) is 1. The number of benzene rings is 1. The van der Waals surface area contributed by atoms with Gasteiger partial charge in [-0.15, -0.1) is 12.4 Å². The molecule has 2 saturated heterocycles. The van der Waals surface area contributed by atoms with E-state index in [1.165, 1.54) is 0 Å². The van der Waals surface area contributed by atoms with Crippen molar-refractivity contribution in [1.29, 1.82) is 0 Å². The maximum absolute atomic E-state index is 12.3. The van der Waals surface area contributed by atoms with Gasteiger partial charge in [-0.25, -0.2) is 0 Å². The zero-order valence-electron chi connectivity index (χ0n) is 11.3. The lowest BCUT2D eigenvalue weighted by Gasteiger charge is -2.34. The number of nitrogens with zero attached hydrogens (tertiary/aromatic N) is 1. The van der Waals surface area contributed by atoms with E-state index in [-0.39, 0.29) is 18.3 Å². The summed E-state index contributed by atoms with van der Waals surface area (Å²) in [7, 11) is 0. The van der Waals surface area contributed by atoms with Crippen LogP contribution in [0, 0.1) is 11.8 Å². The number of hydrogen-bond donors (Lipinski definition) is 1. The van der Waals surface area contributed by atoms with Gasteiger partial charge in [-0.2, -0.15) is 0 Å². The Morgan fingerprint density at radius 3 is 2.70 bits per heavy atom. The predicted molar refractivity (Wildman–Crippen MR) is 86.1 cm³/mol. The van der Waals surface area contributed by atoms with Crippen molar-refractivity contribution in [3.05, 3.63) is 34.3 Å². The summed E-state index contributed by atoms with van der Waals surface area (Å²) in [5.74, 6) is 1.73. The van der Waals surface area contributed by atoms with Gasteiger partial charge in [0.1, 0.15) is 0 Å². The zero-order chi connectivity index (χ0) is 13.2. The number of amides is 1. The van der Waals surface area contributed by atoms with E-state index in [1.54, 1.807) is 0 Å². The molecule has 20 heavy (non-hydrogen) atoms. The van der Waals surface area contributed by atoms with Crippen molar-refractivity contribution >= 4 is 34.2 Å². The average Bonchev–Trinajstić information content (AvgIpc) is 2.88. The van der Waals surface area contributed by atoms with E-state index in [1.807, 2.05) is 24.3 Å². The topological polar surface area (TPSA) is 32.3 Å². The third-order valence-corrected chi connectivity index (χ3v) is 4.85. The van der Waals surface area contributed by atoms with Gasteiger partial charge in [0.25, 0.3) is 0 Å². The third kappa shape index (κ3) is 3.54. The molecule has 0 radical (unpaired) electrons. The number of rotatable bonds is 2. The normalized spacial score (nSPS) is 24.9. The molecular formula is C15H20BrClN2O. The highest BCUT2D eigenvalue weighted by Gasteiger charge is 2.34. The van der Waals surface area contributed by atoms with Gasteiger partial charge < -0.3 is 10.2 Å². The number of fused-ring (bicyclic) bond motifs is 1. The van der Waals surface area contributed by atoms with E-state index in [0.717, 1.165) is 48.6 Å². The van der Waals surface area contributed by atoms with Crippen molar-refractivity contribution < 1.29 is 4.79 Å². The Hall–Kier alpha value is -0.580. The summed E-state index contributed by atoms with van der Waals surface area (Å²) < 4.78 is 1.06. The molecule has 5 heteroatoms. The van der Waals surface area contributed by atoms with Crippen LogP contribution < -0.4 is 5.32 Å². The second kappa shape index (κ2) is 6.92. The highest BCUT2D eigenvalue weighted by molar-refractivity contribution is 9.10. The van der Waals surface area contributed by atoms with Crippen LogP contribution in [-0.2, 0) is 11.2 Å². The SMILES string of the molecule is Cl.O=C(Cc1ccc(Br)cc1)N1CCC2CNCC2C1. The minimum Gasteiger partial charge on any atom is -0.342 e. The van der Waals surface area contributed by atoms with E-state index in [2.05, 4.69) is 26.1 Å². The molecule has 1 amide bonds. The Kier molecular flexibility index (Phi) is 5.47. The molecule has 0 bridgehead atoms. The number of carbonyl (C=O) groups is 1. The monoisotopic (exact) mass is 358 g/mol. The molecule has 2 aliphatic heterocycles. The van der Waals surface area contributed by atoms with Gasteiger partial charge in [-0.1, -0.05) is 28.1 Å². The van der Waals surface area contributed by atoms with Gasteiger partial charge >= 0.3 is 0 Å². The maximum Gasteiger partial charge on any atom is 0.226 e. The number of carbonyl (C=O) groups excluding carboxylic acids is 1. The Balaban J connectivity index is 0.00000147.